The standard InChI is InChI=1S/C14H19NO3S/c1-2-18-13-5-3-12(4-6-13)14(16)11-15-7-9-19(17)10-8-15/h3-6H,2,7-11H2,1H3. The summed E-state index contributed by atoms with van der Waals surface area (Å²) in [5, 5.41) is 0. The predicted octanol–water partition coefficient (Wildman–Crippen LogP) is 1.33. The SMILES string of the molecule is CCOc1ccc(C(=O)CN2CCS(=O)CC2)cc1. The number of Topliss-reactive ketones (excluding diaryl/α,β-unsaturated/α-hetero) is 1. The molecule has 0 saturated carbocycles. The Kier molecular flexibility index (Phi) is 5.10. The number of carbonyl (C=O) groups excluding carboxylic acids is 1. The van der Waals surface area contributed by atoms with Crippen LogP contribution >= 0.6 is 0 Å². The number of carbonyl (C=O) groups is 1. The van der Waals surface area contributed by atoms with E-state index in [1.54, 1.807) is 12.1 Å². The molecule has 2 rings (SSSR count). The van der Waals surface area contributed by atoms with Gasteiger partial charge in [-0.15, -0.1) is 0 Å². The molecule has 0 N–H and O–H groups in total. The van der Waals surface area contributed by atoms with E-state index in [4.69, 9.17) is 4.74 Å². The van der Waals surface area contributed by atoms with Gasteiger partial charge in [-0.3, -0.25) is 13.9 Å². The van der Waals surface area contributed by atoms with Crippen molar-refractivity contribution in [1.29, 1.82) is 0 Å². The van der Waals surface area contributed by atoms with Crippen LogP contribution in [-0.4, -0.2) is 52.6 Å². The van der Waals surface area contributed by atoms with Crippen LogP contribution in [0.25, 0.3) is 0 Å². The number of nitrogens with zero attached hydrogens (tertiary/aromatic N) is 1. The quantitative estimate of drug-likeness (QED) is 0.764. The van der Waals surface area contributed by atoms with Crippen molar-refractivity contribution in [2.45, 2.75) is 6.92 Å². The molecule has 0 bridgehead atoms. The molecule has 1 saturated heterocycles. The molecule has 1 aliphatic rings. The molecule has 4 nitrogen and oxygen atoms in total. The number of ether oxygens (including phenoxy) is 1. The van der Waals surface area contributed by atoms with Crippen LogP contribution < -0.4 is 4.74 Å². The first kappa shape index (κ1) is 14.2. The second kappa shape index (κ2) is 6.82. The van der Waals surface area contributed by atoms with E-state index in [1.807, 2.05) is 19.1 Å². The van der Waals surface area contributed by atoms with Gasteiger partial charge in [-0.25, -0.2) is 0 Å². The van der Waals surface area contributed by atoms with E-state index >= 15 is 0 Å². The summed E-state index contributed by atoms with van der Waals surface area (Å²) < 4.78 is 16.6. The van der Waals surface area contributed by atoms with Crippen molar-refractivity contribution in [3.63, 3.8) is 0 Å². The summed E-state index contributed by atoms with van der Waals surface area (Å²) >= 11 is 0. The Morgan fingerprint density at radius 3 is 2.47 bits per heavy atom. The number of rotatable bonds is 5. The Morgan fingerprint density at radius 1 is 1.26 bits per heavy atom. The lowest BCUT2D eigenvalue weighted by Crippen LogP contribution is -2.40. The van der Waals surface area contributed by atoms with Crippen molar-refractivity contribution in [1.82, 2.24) is 4.90 Å². The van der Waals surface area contributed by atoms with Gasteiger partial charge in [-0.2, -0.15) is 0 Å². The van der Waals surface area contributed by atoms with E-state index in [-0.39, 0.29) is 5.78 Å². The molecule has 0 aliphatic carbocycles. The highest BCUT2D eigenvalue weighted by Crippen LogP contribution is 2.13. The maximum absolute atomic E-state index is 12.1. The summed E-state index contributed by atoms with van der Waals surface area (Å²) in [4.78, 5) is 14.2. The third kappa shape index (κ3) is 4.14. The highest BCUT2D eigenvalue weighted by atomic mass is 32.2. The molecule has 0 atom stereocenters. The Bertz CT molecular complexity index is 448. The molecule has 0 amide bonds. The lowest BCUT2D eigenvalue weighted by atomic mass is 10.1. The van der Waals surface area contributed by atoms with Gasteiger partial charge in [0.15, 0.2) is 5.78 Å². The zero-order chi connectivity index (χ0) is 13.7. The summed E-state index contributed by atoms with van der Waals surface area (Å²) in [6.07, 6.45) is 0. The van der Waals surface area contributed by atoms with Crippen molar-refractivity contribution in [2.75, 3.05) is 37.7 Å². The van der Waals surface area contributed by atoms with Gasteiger partial charge in [-0.05, 0) is 31.2 Å². The largest absolute Gasteiger partial charge is 0.494 e. The first-order valence-corrected chi connectivity index (χ1v) is 8.01. The van der Waals surface area contributed by atoms with Crippen LogP contribution in [0.15, 0.2) is 24.3 Å². The van der Waals surface area contributed by atoms with Crippen LogP contribution in [0.4, 0.5) is 0 Å². The summed E-state index contributed by atoms with van der Waals surface area (Å²) in [5.74, 6) is 2.25. The van der Waals surface area contributed by atoms with Crippen LogP contribution in [-0.2, 0) is 10.8 Å². The molecule has 104 valence electrons. The summed E-state index contributed by atoms with van der Waals surface area (Å²) in [6.45, 7) is 4.45. The van der Waals surface area contributed by atoms with Crippen LogP contribution in [0, 0.1) is 0 Å². The van der Waals surface area contributed by atoms with E-state index < -0.39 is 10.8 Å². The average Bonchev–Trinajstić information content (AvgIpc) is 2.42. The minimum atomic E-state index is -0.695. The molecule has 0 aromatic heterocycles. The zero-order valence-electron chi connectivity index (χ0n) is 11.1. The normalized spacial score (nSPS) is 17.3. The molecular formula is C14H19NO3S. The molecule has 0 unspecified atom stereocenters. The van der Waals surface area contributed by atoms with Crippen molar-refractivity contribution in [3.8, 4) is 5.75 Å². The maximum atomic E-state index is 12.1. The first-order valence-electron chi connectivity index (χ1n) is 6.52. The smallest absolute Gasteiger partial charge is 0.176 e. The molecule has 1 fully saturated rings. The van der Waals surface area contributed by atoms with Crippen molar-refractivity contribution in [2.24, 2.45) is 0 Å². The second-order valence-corrected chi connectivity index (χ2v) is 6.20. The fraction of sp³-hybridized carbons (Fsp3) is 0.500. The van der Waals surface area contributed by atoms with Crippen LogP contribution in [0.5, 0.6) is 5.75 Å². The molecule has 1 aromatic carbocycles. The third-order valence-corrected chi connectivity index (χ3v) is 4.40. The summed E-state index contributed by atoms with van der Waals surface area (Å²) in [5.41, 5.74) is 0.704. The minimum Gasteiger partial charge on any atom is -0.494 e. The van der Waals surface area contributed by atoms with E-state index in [2.05, 4.69) is 4.90 Å². The van der Waals surface area contributed by atoms with Gasteiger partial charge in [0.1, 0.15) is 5.75 Å². The number of ketones is 1. The van der Waals surface area contributed by atoms with Gasteiger partial charge in [0, 0.05) is 41.0 Å². The number of hydrogen-bond donors (Lipinski definition) is 0. The molecule has 0 radical (unpaired) electrons. The highest BCUT2D eigenvalue weighted by molar-refractivity contribution is 7.85. The van der Waals surface area contributed by atoms with Crippen LogP contribution in [0.3, 0.4) is 0 Å². The van der Waals surface area contributed by atoms with E-state index in [9.17, 15) is 9.00 Å². The van der Waals surface area contributed by atoms with Gasteiger partial charge in [-0.1, -0.05) is 0 Å². The highest BCUT2D eigenvalue weighted by Gasteiger charge is 2.18. The van der Waals surface area contributed by atoms with Gasteiger partial charge < -0.3 is 4.74 Å². The predicted molar refractivity (Wildman–Crippen MR) is 76.3 cm³/mol. The Balaban J connectivity index is 1.90. The topological polar surface area (TPSA) is 46.6 Å². The lowest BCUT2D eigenvalue weighted by molar-refractivity contribution is 0.0936. The molecule has 0 spiro atoms. The van der Waals surface area contributed by atoms with Gasteiger partial charge >= 0.3 is 0 Å². The van der Waals surface area contributed by atoms with Gasteiger partial charge in [0.05, 0.1) is 13.2 Å². The monoisotopic (exact) mass is 281 g/mol. The summed E-state index contributed by atoms with van der Waals surface area (Å²) in [6, 6.07) is 7.24. The fourth-order valence-electron chi connectivity index (χ4n) is 2.03. The second-order valence-electron chi connectivity index (χ2n) is 4.50. The zero-order valence-corrected chi connectivity index (χ0v) is 11.9. The molecular weight excluding hydrogens is 262 g/mol. The van der Waals surface area contributed by atoms with E-state index in [1.165, 1.54) is 0 Å². The van der Waals surface area contributed by atoms with Crippen molar-refractivity contribution >= 4 is 16.6 Å². The minimum absolute atomic E-state index is 0.107. The Hall–Kier alpha value is -1.20. The molecule has 1 heterocycles. The van der Waals surface area contributed by atoms with Gasteiger partial charge in [0.25, 0.3) is 0 Å². The Morgan fingerprint density at radius 2 is 1.89 bits per heavy atom. The fourth-order valence-corrected chi connectivity index (χ4v) is 3.16. The van der Waals surface area contributed by atoms with Crippen LogP contribution in [0.2, 0.25) is 0 Å². The molecule has 19 heavy (non-hydrogen) atoms. The van der Waals surface area contributed by atoms with Crippen molar-refractivity contribution < 1.29 is 13.7 Å². The molecule has 1 aromatic rings. The van der Waals surface area contributed by atoms with E-state index in [0.29, 0.717) is 30.2 Å². The molecule has 5 heteroatoms. The summed E-state index contributed by atoms with van der Waals surface area (Å²) in [7, 11) is -0.695. The maximum Gasteiger partial charge on any atom is 0.176 e. The first-order chi connectivity index (χ1) is 9.19. The number of benzene rings is 1. The Labute approximate surface area is 116 Å². The van der Waals surface area contributed by atoms with E-state index in [0.717, 1.165) is 18.8 Å². The third-order valence-electron chi connectivity index (χ3n) is 3.12. The molecule has 1 aliphatic heterocycles. The lowest BCUT2D eigenvalue weighted by Gasteiger charge is -2.25. The number of hydrogen-bond acceptors (Lipinski definition) is 4. The van der Waals surface area contributed by atoms with Gasteiger partial charge in [0.2, 0.25) is 0 Å². The van der Waals surface area contributed by atoms with Crippen LogP contribution in [0.1, 0.15) is 17.3 Å². The average molecular weight is 281 g/mol. The van der Waals surface area contributed by atoms with Crippen molar-refractivity contribution in [3.05, 3.63) is 29.8 Å².